The Morgan fingerprint density at radius 3 is 2.39 bits per heavy atom. The maximum Gasteiger partial charge on any atom is 0.156 e. The van der Waals surface area contributed by atoms with Crippen molar-refractivity contribution in [2.24, 2.45) is 0 Å². The summed E-state index contributed by atoms with van der Waals surface area (Å²) >= 11 is 11.8. The maximum atomic E-state index is 11.9. The second kappa shape index (κ2) is 5.68. The molecular formula is C12H17Cl2NO2S. The first-order valence-corrected chi connectivity index (χ1v) is 7.95. The van der Waals surface area contributed by atoms with Gasteiger partial charge in [0.2, 0.25) is 0 Å². The van der Waals surface area contributed by atoms with Gasteiger partial charge in [-0.15, -0.1) is 0 Å². The topological polar surface area (TPSA) is 46.2 Å². The second-order valence-electron chi connectivity index (χ2n) is 4.98. The highest BCUT2D eigenvalue weighted by Crippen LogP contribution is 2.25. The molecule has 0 saturated heterocycles. The fraction of sp³-hybridized carbons (Fsp3) is 0.500. The van der Waals surface area contributed by atoms with Crippen LogP contribution in [0.2, 0.25) is 10.0 Å². The minimum absolute atomic E-state index is 0.0549. The SMILES string of the molecule is CC(C)(C)S(=O)(=O)CCNc1cc(Cl)ccc1Cl. The number of nitrogens with one attached hydrogen (secondary N) is 1. The van der Waals surface area contributed by atoms with E-state index < -0.39 is 14.6 Å². The van der Waals surface area contributed by atoms with E-state index in [0.717, 1.165) is 0 Å². The minimum Gasteiger partial charge on any atom is -0.383 e. The number of rotatable bonds is 4. The number of halogens is 2. The lowest BCUT2D eigenvalue weighted by Gasteiger charge is -2.19. The summed E-state index contributed by atoms with van der Waals surface area (Å²) < 4.78 is 23.0. The molecule has 0 atom stereocenters. The Morgan fingerprint density at radius 1 is 1.22 bits per heavy atom. The lowest BCUT2D eigenvalue weighted by Crippen LogP contribution is -2.32. The van der Waals surface area contributed by atoms with Crippen LogP contribution in [-0.2, 0) is 9.84 Å². The third-order valence-electron chi connectivity index (χ3n) is 2.55. The third-order valence-corrected chi connectivity index (χ3v) is 5.72. The molecule has 0 radical (unpaired) electrons. The van der Waals surface area contributed by atoms with Crippen molar-refractivity contribution in [2.45, 2.75) is 25.5 Å². The molecule has 6 heteroatoms. The monoisotopic (exact) mass is 309 g/mol. The Balaban J connectivity index is 2.65. The van der Waals surface area contributed by atoms with Crippen molar-refractivity contribution in [3.63, 3.8) is 0 Å². The maximum absolute atomic E-state index is 11.9. The van der Waals surface area contributed by atoms with E-state index in [1.54, 1.807) is 39.0 Å². The normalized spacial score (nSPS) is 12.5. The first-order chi connectivity index (χ1) is 8.13. The zero-order valence-corrected chi connectivity index (χ0v) is 13.0. The van der Waals surface area contributed by atoms with Gasteiger partial charge in [-0.1, -0.05) is 23.2 Å². The predicted octanol–water partition coefficient (Wildman–Crippen LogP) is 3.62. The highest BCUT2D eigenvalue weighted by molar-refractivity contribution is 7.92. The molecule has 102 valence electrons. The van der Waals surface area contributed by atoms with Gasteiger partial charge >= 0.3 is 0 Å². The summed E-state index contributed by atoms with van der Waals surface area (Å²) in [4.78, 5) is 0. The molecule has 0 heterocycles. The predicted molar refractivity (Wildman–Crippen MR) is 78.5 cm³/mol. The first-order valence-electron chi connectivity index (χ1n) is 5.55. The van der Waals surface area contributed by atoms with E-state index in [1.165, 1.54) is 0 Å². The second-order valence-corrected chi connectivity index (χ2v) is 8.69. The van der Waals surface area contributed by atoms with E-state index in [9.17, 15) is 8.42 Å². The van der Waals surface area contributed by atoms with Crippen molar-refractivity contribution in [2.75, 3.05) is 17.6 Å². The highest BCUT2D eigenvalue weighted by Gasteiger charge is 2.28. The first kappa shape index (κ1) is 15.6. The summed E-state index contributed by atoms with van der Waals surface area (Å²) in [6.45, 7) is 5.37. The van der Waals surface area contributed by atoms with Gasteiger partial charge < -0.3 is 5.32 Å². The molecule has 18 heavy (non-hydrogen) atoms. The average Bonchev–Trinajstić information content (AvgIpc) is 2.21. The molecular weight excluding hydrogens is 293 g/mol. The Kier molecular flexibility index (Phi) is 4.92. The summed E-state index contributed by atoms with van der Waals surface area (Å²) in [5, 5.41) is 4.06. The van der Waals surface area contributed by atoms with Crippen LogP contribution in [0, 0.1) is 0 Å². The largest absolute Gasteiger partial charge is 0.383 e. The Labute approximate surface area is 118 Å². The van der Waals surface area contributed by atoms with Gasteiger partial charge in [0.1, 0.15) is 0 Å². The van der Waals surface area contributed by atoms with Crippen molar-refractivity contribution >= 4 is 38.7 Å². The Hall–Kier alpha value is -0.450. The van der Waals surface area contributed by atoms with Gasteiger partial charge in [0.15, 0.2) is 9.84 Å². The number of benzene rings is 1. The van der Waals surface area contributed by atoms with E-state index in [4.69, 9.17) is 23.2 Å². The van der Waals surface area contributed by atoms with Gasteiger partial charge in [-0.25, -0.2) is 8.42 Å². The molecule has 3 nitrogen and oxygen atoms in total. The van der Waals surface area contributed by atoms with Crippen LogP contribution in [-0.4, -0.2) is 25.5 Å². The van der Waals surface area contributed by atoms with Crippen molar-refractivity contribution in [1.82, 2.24) is 0 Å². The summed E-state index contributed by atoms with van der Waals surface area (Å²) in [5.41, 5.74) is 0.647. The molecule has 0 aliphatic carbocycles. The van der Waals surface area contributed by atoms with Crippen molar-refractivity contribution in [1.29, 1.82) is 0 Å². The van der Waals surface area contributed by atoms with E-state index in [1.807, 2.05) is 0 Å². The molecule has 0 aliphatic rings. The van der Waals surface area contributed by atoms with Crippen molar-refractivity contribution in [3.05, 3.63) is 28.2 Å². The lowest BCUT2D eigenvalue weighted by atomic mass is 10.3. The van der Waals surface area contributed by atoms with Crippen LogP contribution in [0.3, 0.4) is 0 Å². The third kappa shape index (κ3) is 4.04. The average molecular weight is 310 g/mol. The fourth-order valence-corrected chi connectivity index (χ4v) is 2.60. The summed E-state index contributed by atoms with van der Waals surface area (Å²) in [7, 11) is -3.13. The van der Waals surface area contributed by atoms with Crippen LogP contribution in [0.25, 0.3) is 0 Å². The molecule has 0 aromatic heterocycles. The van der Waals surface area contributed by atoms with Crippen LogP contribution in [0.4, 0.5) is 5.69 Å². The number of hydrogen-bond donors (Lipinski definition) is 1. The zero-order valence-electron chi connectivity index (χ0n) is 10.6. The molecule has 1 N–H and O–H groups in total. The molecule has 0 aliphatic heterocycles. The van der Waals surface area contributed by atoms with Gasteiger partial charge in [0, 0.05) is 11.6 Å². The molecule has 0 bridgehead atoms. The molecule has 0 unspecified atom stereocenters. The molecule has 0 spiro atoms. The van der Waals surface area contributed by atoms with Gasteiger partial charge in [-0.2, -0.15) is 0 Å². The molecule has 1 rings (SSSR count). The fourth-order valence-electron chi connectivity index (χ4n) is 1.26. The summed E-state index contributed by atoms with van der Waals surface area (Å²) in [6, 6.07) is 5.03. The van der Waals surface area contributed by atoms with Gasteiger partial charge in [0.25, 0.3) is 0 Å². The smallest absolute Gasteiger partial charge is 0.156 e. The lowest BCUT2D eigenvalue weighted by molar-refractivity contribution is 0.560. The molecule has 0 amide bonds. The van der Waals surface area contributed by atoms with Crippen LogP contribution in [0.1, 0.15) is 20.8 Å². The van der Waals surface area contributed by atoms with Crippen molar-refractivity contribution in [3.8, 4) is 0 Å². The number of anilines is 1. The molecule has 1 aromatic rings. The molecule has 1 aromatic carbocycles. The summed E-state index contributed by atoms with van der Waals surface area (Å²) in [6.07, 6.45) is 0. The van der Waals surface area contributed by atoms with Gasteiger partial charge in [-0.3, -0.25) is 0 Å². The summed E-state index contributed by atoms with van der Waals surface area (Å²) in [5.74, 6) is 0.0549. The van der Waals surface area contributed by atoms with E-state index in [2.05, 4.69) is 5.32 Å². The number of hydrogen-bond acceptors (Lipinski definition) is 3. The Morgan fingerprint density at radius 2 is 1.83 bits per heavy atom. The van der Waals surface area contributed by atoms with Crippen molar-refractivity contribution < 1.29 is 8.42 Å². The quantitative estimate of drug-likeness (QED) is 0.924. The number of sulfone groups is 1. The zero-order chi connectivity index (χ0) is 14.0. The van der Waals surface area contributed by atoms with Crippen LogP contribution < -0.4 is 5.32 Å². The molecule has 0 saturated carbocycles. The van der Waals surface area contributed by atoms with Crippen LogP contribution in [0.15, 0.2) is 18.2 Å². The standard InChI is InChI=1S/C12H17Cl2NO2S/c1-12(2,3)18(16,17)7-6-15-11-8-9(13)4-5-10(11)14/h4-5,8,15H,6-7H2,1-3H3. The van der Waals surface area contributed by atoms with E-state index >= 15 is 0 Å². The minimum atomic E-state index is -3.13. The van der Waals surface area contributed by atoms with Gasteiger partial charge in [0.05, 0.1) is 21.2 Å². The van der Waals surface area contributed by atoms with E-state index in [-0.39, 0.29) is 5.75 Å². The highest BCUT2D eigenvalue weighted by atomic mass is 35.5. The van der Waals surface area contributed by atoms with Gasteiger partial charge in [-0.05, 0) is 39.0 Å². The van der Waals surface area contributed by atoms with Crippen LogP contribution >= 0.6 is 23.2 Å². The molecule has 0 fully saturated rings. The van der Waals surface area contributed by atoms with Crippen LogP contribution in [0.5, 0.6) is 0 Å². The Bertz CT molecular complexity index is 521. The van der Waals surface area contributed by atoms with E-state index in [0.29, 0.717) is 22.3 Å².